The molecular formula is C20H20F2N4O3S. The van der Waals surface area contributed by atoms with Gasteiger partial charge in [-0.2, -0.15) is 8.78 Å². The molecule has 1 N–H and O–H groups in total. The average molecular weight is 434 g/mol. The first-order valence-corrected chi connectivity index (χ1v) is 9.88. The second kappa shape index (κ2) is 9.57. The minimum Gasteiger partial charge on any atom is -0.469 e. The predicted octanol–water partition coefficient (Wildman–Crippen LogP) is 4.75. The van der Waals surface area contributed by atoms with E-state index < -0.39 is 11.9 Å². The lowest BCUT2D eigenvalue weighted by Crippen LogP contribution is -2.23. The van der Waals surface area contributed by atoms with Crippen molar-refractivity contribution >= 4 is 23.4 Å². The molecule has 158 valence electrons. The number of rotatable bonds is 9. The van der Waals surface area contributed by atoms with Crippen LogP contribution in [-0.4, -0.2) is 32.5 Å². The Morgan fingerprint density at radius 3 is 2.80 bits per heavy atom. The van der Waals surface area contributed by atoms with Crippen molar-refractivity contribution in [1.82, 2.24) is 14.8 Å². The van der Waals surface area contributed by atoms with Gasteiger partial charge in [0.1, 0.15) is 11.5 Å². The van der Waals surface area contributed by atoms with Crippen LogP contribution < -0.4 is 10.1 Å². The van der Waals surface area contributed by atoms with Gasteiger partial charge in [0, 0.05) is 6.54 Å². The molecule has 0 saturated heterocycles. The first-order chi connectivity index (χ1) is 14.4. The number of thioether (sulfide) groups is 1. The lowest BCUT2D eigenvalue weighted by Gasteiger charge is -2.15. The number of alkyl halides is 2. The highest BCUT2D eigenvalue weighted by Gasteiger charge is 2.22. The van der Waals surface area contributed by atoms with Crippen LogP contribution in [0, 0.1) is 6.92 Å². The number of hydrogen-bond donors (Lipinski definition) is 1. The van der Waals surface area contributed by atoms with Crippen LogP contribution >= 0.6 is 11.8 Å². The van der Waals surface area contributed by atoms with E-state index in [-0.39, 0.29) is 17.3 Å². The molecule has 0 aliphatic rings. The van der Waals surface area contributed by atoms with E-state index in [1.54, 1.807) is 37.5 Å². The highest BCUT2D eigenvalue weighted by Crippen LogP contribution is 2.31. The first kappa shape index (κ1) is 21.6. The van der Waals surface area contributed by atoms with Crippen molar-refractivity contribution in [2.24, 2.45) is 0 Å². The number of anilines is 1. The van der Waals surface area contributed by atoms with Crippen molar-refractivity contribution in [2.75, 3.05) is 5.32 Å². The Bertz CT molecular complexity index is 1030. The predicted molar refractivity (Wildman–Crippen MR) is 110 cm³/mol. The van der Waals surface area contributed by atoms with E-state index in [1.807, 2.05) is 11.5 Å². The van der Waals surface area contributed by atoms with Crippen LogP contribution in [0.5, 0.6) is 5.75 Å². The number of hydrogen-bond acceptors (Lipinski definition) is 6. The summed E-state index contributed by atoms with van der Waals surface area (Å²) in [5.74, 6) is 0.808. The van der Waals surface area contributed by atoms with Crippen molar-refractivity contribution in [1.29, 1.82) is 0 Å². The Kier molecular flexibility index (Phi) is 6.88. The Morgan fingerprint density at radius 2 is 2.13 bits per heavy atom. The molecule has 0 fully saturated rings. The summed E-state index contributed by atoms with van der Waals surface area (Å²) in [5, 5.41) is 11.0. The lowest BCUT2D eigenvalue weighted by molar-refractivity contribution is -0.115. The largest absolute Gasteiger partial charge is 0.469 e. The number of benzene rings is 1. The molecule has 0 aliphatic heterocycles. The SMILES string of the molecule is C=CCn1c(SC(C)C(=O)Nc2ccccc2OC(F)F)nnc1-c1ccoc1C. The molecule has 0 spiro atoms. The number of nitrogens with zero attached hydrogens (tertiary/aromatic N) is 3. The quantitative estimate of drug-likeness (QED) is 0.387. The molecule has 1 unspecified atom stereocenters. The summed E-state index contributed by atoms with van der Waals surface area (Å²) in [6.45, 7) is 4.72. The molecule has 1 aromatic carbocycles. The Balaban J connectivity index is 1.77. The van der Waals surface area contributed by atoms with Crippen LogP contribution in [0.25, 0.3) is 11.4 Å². The van der Waals surface area contributed by atoms with Crippen molar-refractivity contribution in [2.45, 2.75) is 37.4 Å². The number of aromatic nitrogens is 3. The van der Waals surface area contributed by atoms with Crippen molar-refractivity contribution in [3.05, 3.63) is 55.0 Å². The monoisotopic (exact) mass is 434 g/mol. The molecule has 0 saturated carbocycles. The smallest absolute Gasteiger partial charge is 0.387 e. The third-order valence-corrected chi connectivity index (χ3v) is 5.22. The molecule has 0 aliphatic carbocycles. The second-order valence-corrected chi connectivity index (χ2v) is 7.53. The molecule has 0 bridgehead atoms. The summed E-state index contributed by atoms with van der Waals surface area (Å²) in [6, 6.07) is 7.81. The zero-order valence-corrected chi connectivity index (χ0v) is 17.2. The molecule has 3 aromatic rings. The van der Waals surface area contributed by atoms with Gasteiger partial charge in [-0.1, -0.05) is 30.0 Å². The van der Waals surface area contributed by atoms with Crippen LogP contribution in [-0.2, 0) is 11.3 Å². The van der Waals surface area contributed by atoms with Gasteiger partial charge in [0.2, 0.25) is 5.91 Å². The molecule has 2 aromatic heterocycles. The number of amides is 1. The zero-order chi connectivity index (χ0) is 21.7. The van der Waals surface area contributed by atoms with Crippen LogP contribution in [0.4, 0.5) is 14.5 Å². The zero-order valence-electron chi connectivity index (χ0n) is 16.3. The number of carbonyl (C=O) groups is 1. The van der Waals surface area contributed by atoms with Crippen molar-refractivity contribution in [3.63, 3.8) is 0 Å². The summed E-state index contributed by atoms with van der Waals surface area (Å²) in [4.78, 5) is 12.6. The van der Waals surface area contributed by atoms with Crippen molar-refractivity contribution < 1.29 is 22.7 Å². The van der Waals surface area contributed by atoms with Gasteiger partial charge in [-0.15, -0.1) is 16.8 Å². The Hall–Kier alpha value is -3.14. The molecular weight excluding hydrogens is 414 g/mol. The average Bonchev–Trinajstić information content (AvgIpc) is 3.29. The number of furan rings is 1. The summed E-state index contributed by atoms with van der Waals surface area (Å²) in [5.41, 5.74) is 0.962. The van der Waals surface area contributed by atoms with Gasteiger partial charge in [0.05, 0.1) is 22.8 Å². The first-order valence-electron chi connectivity index (χ1n) is 9.00. The van der Waals surface area contributed by atoms with E-state index in [1.165, 1.54) is 23.9 Å². The van der Waals surface area contributed by atoms with Gasteiger partial charge in [0.25, 0.3) is 0 Å². The molecule has 30 heavy (non-hydrogen) atoms. The van der Waals surface area contributed by atoms with Gasteiger partial charge < -0.3 is 14.5 Å². The van der Waals surface area contributed by atoms with Crippen LogP contribution in [0.1, 0.15) is 12.7 Å². The fourth-order valence-corrected chi connectivity index (χ4v) is 3.56. The standard InChI is InChI=1S/C20H20F2N4O3S/c1-4-10-26-17(14-9-11-28-12(14)2)24-25-20(26)30-13(3)18(27)23-15-7-5-6-8-16(15)29-19(21)22/h4-9,11,13,19H,1,10H2,2-3H3,(H,23,27). The van der Waals surface area contributed by atoms with E-state index >= 15 is 0 Å². The van der Waals surface area contributed by atoms with Gasteiger partial charge in [0.15, 0.2) is 11.0 Å². The van der Waals surface area contributed by atoms with E-state index in [0.29, 0.717) is 23.3 Å². The van der Waals surface area contributed by atoms with Gasteiger partial charge in [-0.25, -0.2) is 0 Å². The minimum absolute atomic E-state index is 0.106. The number of para-hydroxylation sites is 2. The third kappa shape index (κ3) is 4.88. The normalized spacial score (nSPS) is 12.0. The van der Waals surface area contributed by atoms with E-state index in [0.717, 1.165) is 5.56 Å². The van der Waals surface area contributed by atoms with E-state index in [2.05, 4.69) is 26.8 Å². The van der Waals surface area contributed by atoms with Crippen LogP contribution in [0.15, 0.2) is 58.8 Å². The fraction of sp³-hybridized carbons (Fsp3) is 0.250. The molecule has 1 amide bonds. The number of halogens is 2. The maximum absolute atomic E-state index is 12.6. The van der Waals surface area contributed by atoms with Crippen molar-refractivity contribution in [3.8, 4) is 17.1 Å². The second-order valence-electron chi connectivity index (χ2n) is 6.22. The highest BCUT2D eigenvalue weighted by molar-refractivity contribution is 8.00. The minimum atomic E-state index is -2.99. The Morgan fingerprint density at radius 1 is 1.37 bits per heavy atom. The molecule has 1 atom stereocenters. The molecule has 7 nitrogen and oxygen atoms in total. The maximum Gasteiger partial charge on any atom is 0.387 e. The number of nitrogens with one attached hydrogen (secondary N) is 1. The van der Waals surface area contributed by atoms with E-state index in [4.69, 9.17) is 4.42 Å². The summed E-state index contributed by atoms with van der Waals surface area (Å²) in [7, 11) is 0. The fourth-order valence-electron chi connectivity index (χ4n) is 2.70. The van der Waals surface area contributed by atoms with Gasteiger partial charge in [-0.05, 0) is 32.0 Å². The Labute approximate surface area is 176 Å². The summed E-state index contributed by atoms with van der Waals surface area (Å²) >= 11 is 1.19. The maximum atomic E-state index is 12.6. The van der Waals surface area contributed by atoms with Crippen LogP contribution in [0.2, 0.25) is 0 Å². The van der Waals surface area contributed by atoms with Gasteiger partial charge >= 0.3 is 6.61 Å². The highest BCUT2D eigenvalue weighted by atomic mass is 32.2. The molecule has 10 heteroatoms. The van der Waals surface area contributed by atoms with Gasteiger partial charge in [-0.3, -0.25) is 9.36 Å². The summed E-state index contributed by atoms with van der Waals surface area (Å²) in [6.07, 6.45) is 3.27. The molecule has 2 heterocycles. The van der Waals surface area contributed by atoms with Crippen LogP contribution in [0.3, 0.4) is 0 Å². The topological polar surface area (TPSA) is 82.2 Å². The third-order valence-electron chi connectivity index (χ3n) is 4.14. The lowest BCUT2D eigenvalue weighted by atomic mass is 10.2. The number of aryl methyl sites for hydroxylation is 1. The number of ether oxygens (including phenoxy) is 1. The summed E-state index contributed by atoms with van der Waals surface area (Å²) < 4.78 is 36.8. The van der Waals surface area contributed by atoms with E-state index in [9.17, 15) is 13.6 Å². The molecule has 3 rings (SSSR count). The molecule has 0 radical (unpaired) electrons. The number of allylic oxidation sites excluding steroid dienone is 1. The number of carbonyl (C=O) groups excluding carboxylic acids is 1.